The minimum atomic E-state index is -0.433. The van der Waals surface area contributed by atoms with Crippen LogP contribution in [0.4, 0.5) is 0 Å². The van der Waals surface area contributed by atoms with Crippen LogP contribution >= 0.6 is 0 Å². The highest BCUT2D eigenvalue weighted by molar-refractivity contribution is 5.95. The van der Waals surface area contributed by atoms with Gasteiger partial charge in [-0.1, -0.05) is 48.5 Å². The van der Waals surface area contributed by atoms with Crippen LogP contribution in [-0.2, 0) is 17.8 Å². The van der Waals surface area contributed by atoms with Crippen molar-refractivity contribution in [1.82, 2.24) is 31.1 Å². The zero-order valence-electron chi connectivity index (χ0n) is 19.3. The minimum Gasteiger partial charge on any atom is -0.497 e. The molecule has 2 N–H and O–H groups in total. The second-order valence-corrected chi connectivity index (χ2v) is 7.56. The fourth-order valence-corrected chi connectivity index (χ4v) is 3.35. The van der Waals surface area contributed by atoms with Gasteiger partial charge in [0.05, 0.1) is 27.2 Å². The molecule has 0 spiro atoms. The Balaban J connectivity index is 1.30. The van der Waals surface area contributed by atoms with E-state index in [4.69, 9.17) is 9.47 Å². The van der Waals surface area contributed by atoms with Gasteiger partial charge in [0.1, 0.15) is 11.5 Å². The van der Waals surface area contributed by atoms with Crippen LogP contribution in [0.15, 0.2) is 72.8 Å². The van der Waals surface area contributed by atoms with Crippen molar-refractivity contribution < 1.29 is 19.1 Å². The summed E-state index contributed by atoms with van der Waals surface area (Å²) in [7, 11) is 3.07. The van der Waals surface area contributed by atoms with Gasteiger partial charge < -0.3 is 9.47 Å². The lowest BCUT2D eigenvalue weighted by atomic mass is 10.1. The minimum absolute atomic E-state index is 0.0300. The maximum Gasteiger partial charge on any atom is 0.269 e. The van der Waals surface area contributed by atoms with E-state index in [2.05, 4.69) is 26.3 Å². The Bertz CT molecular complexity index is 1310. The quantitative estimate of drug-likeness (QED) is 0.378. The highest BCUT2D eigenvalue weighted by atomic mass is 16.5. The van der Waals surface area contributed by atoms with E-state index in [0.717, 1.165) is 11.1 Å². The molecule has 0 saturated carbocycles. The van der Waals surface area contributed by atoms with Gasteiger partial charge in [-0.15, -0.1) is 10.2 Å². The number of nitrogens with zero attached hydrogens (tertiary/aromatic N) is 4. The standard InChI is InChI=1S/C25H24N6O4/c1-34-21-13-12-20(22(15-21)35-2)14-23(32)26-28-25(33)19-10-8-17(9-11-19)16-31-29-24(27-30-31)18-6-4-3-5-7-18/h3-13,15H,14,16H2,1-2H3,(H,26,32)(H,28,33). The molecule has 0 fully saturated rings. The van der Waals surface area contributed by atoms with Gasteiger partial charge in [-0.3, -0.25) is 20.4 Å². The molecule has 4 aromatic rings. The molecule has 0 aliphatic carbocycles. The van der Waals surface area contributed by atoms with Crippen LogP contribution in [0.3, 0.4) is 0 Å². The summed E-state index contributed by atoms with van der Waals surface area (Å²) in [6.45, 7) is 0.405. The van der Waals surface area contributed by atoms with Gasteiger partial charge in [0.2, 0.25) is 11.7 Å². The van der Waals surface area contributed by atoms with E-state index in [1.54, 1.807) is 49.6 Å². The first kappa shape index (κ1) is 23.4. The number of amides is 2. The lowest BCUT2D eigenvalue weighted by Crippen LogP contribution is -2.42. The number of hydrazine groups is 1. The number of hydrogen-bond donors (Lipinski definition) is 2. The van der Waals surface area contributed by atoms with Gasteiger partial charge in [0, 0.05) is 22.8 Å². The highest BCUT2D eigenvalue weighted by Crippen LogP contribution is 2.24. The molecule has 2 amide bonds. The van der Waals surface area contributed by atoms with Crippen molar-refractivity contribution in [3.8, 4) is 22.9 Å². The summed E-state index contributed by atoms with van der Waals surface area (Å²) in [6.07, 6.45) is 0.0300. The van der Waals surface area contributed by atoms with Crippen LogP contribution in [0.2, 0.25) is 0 Å². The van der Waals surface area contributed by atoms with Crippen LogP contribution in [-0.4, -0.2) is 46.2 Å². The predicted octanol–water partition coefficient (Wildman–Crippen LogP) is 2.41. The largest absolute Gasteiger partial charge is 0.497 e. The first-order valence-electron chi connectivity index (χ1n) is 10.8. The molecule has 10 nitrogen and oxygen atoms in total. The van der Waals surface area contributed by atoms with E-state index in [1.165, 1.54) is 11.9 Å². The third kappa shape index (κ3) is 5.99. The molecule has 0 radical (unpaired) electrons. The van der Waals surface area contributed by atoms with Crippen molar-refractivity contribution in [1.29, 1.82) is 0 Å². The number of carbonyl (C=O) groups is 2. The van der Waals surface area contributed by atoms with Crippen LogP contribution in [0.25, 0.3) is 11.4 Å². The van der Waals surface area contributed by atoms with Crippen LogP contribution in [0.5, 0.6) is 11.5 Å². The Morgan fingerprint density at radius 3 is 2.40 bits per heavy atom. The van der Waals surface area contributed by atoms with Crippen LogP contribution in [0, 0.1) is 0 Å². The molecule has 3 aromatic carbocycles. The van der Waals surface area contributed by atoms with Gasteiger partial charge in [-0.05, 0) is 29.0 Å². The van der Waals surface area contributed by atoms with Crippen molar-refractivity contribution in [2.45, 2.75) is 13.0 Å². The second kappa shape index (κ2) is 10.9. The van der Waals surface area contributed by atoms with Crippen molar-refractivity contribution in [3.05, 3.63) is 89.5 Å². The van der Waals surface area contributed by atoms with E-state index in [1.807, 2.05) is 30.3 Å². The van der Waals surface area contributed by atoms with E-state index in [9.17, 15) is 9.59 Å². The van der Waals surface area contributed by atoms with E-state index in [-0.39, 0.29) is 12.3 Å². The number of tetrazole rings is 1. The number of rotatable bonds is 8. The number of methoxy groups -OCH3 is 2. The SMILES string of the molecule is COc1ccc(CC(=O)NNC(=O)c2ccc(Cn3nnc(-c4ccccc4)n3)cc2)c(OC)c1. The average Bonchev–Trinajstić information content (AvgIpc) is 3.37. The number of carbonyl (C=O) groups excluding carboxylic acids is 2. The molecule has 0 bridgehead atoms. The average molecular weight is 473 g/mol. The molecule has 0 unspecified atom stereocenters. The van der Waals surface area contributed by atoms with Crippen molar-refractivity contribution in [2.24, 2.45) is 0 Å². The molecule has 35 heavy (non-hydrogen) atoms. The number of ether oxygens (including phenoxy) is 2. The molecule has 0 aliphatic heterocycles. The van der Waals surface area contributed by atoms with Gasteiger partial charge >= 0.3 is 0 Å². The maximum atomic E-state index is 12.4. The Morgan fingerprint density at radius 1 is 0.914 bits per heavy atom. The number of aromatic nitrogens is 4. The number of nitrogens with one attached hydrogen (secondary N) is 2. The van der Waals surface area contributed by atoms with E-state index in [0.29, 0.717) is 35.0 Å². The van der Waals surface area contributed by atoms with Crippen molar-refractivity contribution in [2.75, 3.05) is 14.2 Å². The van der Waals surface area contributed by atoms with Gasteiger partial charge in [-0.2, -0.15) is 4.80 Å². The summed E-state index contributed by atoms with van der Waals surface area (Å²) in [6, 6.07) is 21.7. The molecule has 1 heterocycles. The maximum absolute atomic E-state index is 12.4. The van der Waals surface area contributed by atoms with Crippen LogP contribution in [0.1, 0.15) is 21.5 Å². The fourth-order valence-electron chi connectivity index (χ4n) is 3.35. The van der Waals surface area contributed by atoms with E-state index >= 15 is 0 Å². The Morgan fingerprint density at radius 2 is 1.69 bits per heavy atom. The summed E-state index contributed by atoms with van der Waals surface area (Å²) in [5.74, 6) is 0.879. The zero-order chi connectivity index (χ0) is 24.6. The lowest BCUT2D eigenvalue weighted by Gasteiger charge is -2.11. The van der Waals surface area contributed by atoms with Crippen LogP contribution < -0.4 is 20.3 Å². The van der Waals surface area contributed by atoms with Crippen molar-refractivity contribution >= 4 is 11.8 Å². The topological polar surface area (TPSA) is 120 Å². The second-order valence-electron chi connectivity index (χ2n) is 7.56. The summed E-state index contributed by atoms with van der Waals surface area (Å²) in [5, 5.41) is 12.6. The molecular formula is C25H24N6O4. The molecule has 1 aromatic heterocycles. The molecule has 0 aliphatic rings. The van der Waals surface area contributed by atoms with Gasteiger partial charge in [0.25, 0.3) is 5.91 Å². The Hall–Kier alpha value is -4.73. The van der Waals surface area contributed by atoms with Gasteiger partial charge in [-0.25, -0.2) is 0 Å². The van der Waals surface area contributed by atoms with E-state index < -0.39 is 5.91 Å². The predicted molar refractivity (Wildman–Crippen MR) is 128 cm³/mol. The number of benzene rings is 3. The summed E-state index contributed by atoms with van der Waals surface area (Å²) < 4.78 is 10.5. The Labute approximate surface area is 201 Å². The third-order valence-corrected chi connectivity index (χ3v) is 5.19. The fraction of sp³-hybridized carbons (Fsp3) is 0.160. The lowest BCUT2D eigenvalue weighted by molar-refractivity contribution is -0.121. The molecule has 0 saturated heterocycles. The summed E-state index contributed by atoms with van der Waals surface area (Å²) in [5.41, 5.74) is 7.70. The summed E-state index contributed by atoms with van der Waals surface area (Å²) >= 11 is 0. The first-order valence-corrected chi connectivity index (χ1v) is 10.8. The highest BCUT2D eigenvalue weighted by Gasteiger charge is 2.12. The third-order valence-electron chi connectivity index (χ3n) is 5.19. The normalized spacial score (nSPS) is 10.5. The summed E-state index contributed by atoms with van der Waals surface area (Å²) in [4.78, 5) is 26.2. The Kier molecular flexibility index (Phi) is 7.31. The smallest absolute Gasteiger partial charge is 0.269 e. The molecular weight excluding hydrogens is 448 g/mol. The first-order chi connectivity index (χ1) is 17.1. The molecule has 4 rings (SSSR count). The zero-order valence-corrected chi connectivity index (χ0v) is 19.3. The molecule has 10 heteroatoms. The molecule has 178 valence electrons. The number of hydrogen-bond acceptors (Lipinski definition) is 7. The van der Waals surface area contributed by atoms with Gasteiger partial charge in [0.15, 0.2) is 0 Å². The monoisotopic (exact) mass is 472 g/mol. The molecule has 0 atom stereocenters. The van der Waals surface area contributed by atoms with Crippen molar-refractivity contribution in [3.63, 3.8) is 0 Å².